The summed E-state index contributed by atoms with van der Waals surface area (Å²) in [6.07, 6.45) is 1.74. The number of nitrogens with zero attached hydrogens (tertiary/aromatic N) is 1. The number of rotatable bonds is 1. The van der Waals surface area contributed by atoms with Crippen LogP contribution in [0.5, 0.6) is 0 Å². The highest BCUT2D eigenvalue weighted by atomic mass is 35.5. The highest BCUT2D eigenvalue weighted by Gasteiger charge is 2.34. The summed E-state index contributed by atoms with van der Waals surface area (Å²) in [4.78, 5) is 14.1. The first-order valence-corrected chi connectivity index (χ1v) is 5.85. The average Bonchev–Trinajstić information content (AvgIpc) is 2.74. The molecule has 0 saturated carbocycles. The molecule has 2 rings (SSSR count). The van der Waals surface area contributed by atoms with Crippen LogP contribution in [0.4, 0.5) is 0 Å². The third kappa shape index (κ3) is 2.67. The number of nitrogens with one attached hydrogen (secondary N) is 1. The van der Waals surface area contributed by atoms with Gasteiger partial charge in [-0.1, -0.05) is 0 Å². The maximum Gasteiger partial charge on any atom is 0.252 e. The molecule has 2 fully saturated rings. The first kappa shape index (κ1) is 13.7. The van der Waals surface area contributed by atoms with Crippen molar-refractivity contribution in [2.75, 3.05) is 19.7 Å². The number of hydrogen-bond acceptors (Lipinski definition) is 3. The second kappa shape index (κ2) is 5.84. The average molecular weight is 249 g/mol. The summed E-state index contributed by atoms with van der Waals surface area (Å²) in [6.45, 7) is 6.67. The molecule has 1 amide bonds. The zero-order valence-corrected chi connectivity index (χ0v) is 10.8. The quantitative estimate of drug-likeness (QED) is 0.746. The molecule has 0 aromatic rings. The van der Waals surface area contributed by atoms with Gasteiger partial charge in [0.2, 0.25) is 0 Å². The summed E-state index contributed by atoms with van der Waals surface area (Å²) in [6, 6.07) is 0.652. The molecule has 16 heavy (non-hydrogen) atoms. The van der Waals surface area contributed by atoms with Crippen LogP contribution in [0.3, 0.4) is 0 Å². The number of hydrogen-bond donors (Lipinski definition) is 1. The molecule has 2 heterocycles. The standard InChI is InChI=1S/C11H20N2O2.ClH/c1-8-9(2)13(6-5-12-8)11(14)10-4-3-7-15-10;/h8-10,12H,3-7H2,1-2H3;1H. The van der Waals surface area contributed by atoms with E-state index < -0.39 is 0 Å². The van der Waals surface area contributed by atoms with Crippen LogP contribution in [-0.4, -0.2) is 48.7 Å². The second-order valence-corrected chi connectivity index (χ2v) is 4.52. The van der Waals surface area contributed by atoms with Crippen LogP contribution in [0.1, 0.15) is 26.7 Å². The van der Waals surface area contributed by atoms with Crippen molar-refractivity contribution in [2.24, 2.45) is 0 Å². The first-order chi connectivity index (χ1) is 7.20. The highest BCUT2D eigenvalue weighted by Crippen LogP contribution is 2.18. The van der Waals surface area contributed by atoms with E-state index in [9.17, 15) is 4.79 Å². The fourth-order valence-electron chi connectivity index (χ4n) is 2.33. The Bertz CT molecular complexity index is 244. The van der Waals surface area contributed by atoms with Gasteiger partial charge in [0.1, 0.15) is 6.10 Å². The van der Waals surface area contributed by atoms with Gasteiger partial charge in [-0.3, -0.25) is 4.79 Å². The van der Waals surface area contributed by atoms with Gasteiger partial charge in [0.25, 0.3) is 5.91 Å². The van der Waals surface area contributed by atoms with Gasteiger partial charge in [-0.2, -0.15) is 0 Å². The maximum atomic E-state index is 12.1. The molecule has 0 radical (unpaired) electrons. The number of ether oxygens (including phenoxy) is 1. The molecule has 0 aromatic carbocycles. The van der Waals surface area contributed by atoms with E-state index in [1.807, 2.05) is 4.90 Å². The van der Waals surface area contributed by atoms with Gasteiger partial charge in [-0.15, -0.1) is 12.4 Å². The van der Waals surface area contributed by atoms with Gasteiger partial charge < -0.3 is 15.0 Å². The van der Waals surface area contributed by atoms with Crippen molar-refractivity contribution >= 4 is 18.3 Å². The zero-order chi connectivity index (χ0) is 10.8. The number of carbonyl (C=O) groups excluding carboxylic acids is 1. The Morgan fingerprint density at radius 2 is 2.19 bits per heavy atom. The van der Waals surface area contributed by atoms with Gasteiger partial charge in [-0.25, -0.2) is 0 Å². The van der Waals surface area contributed by atoms with Crippen molar-refractivity contribution in [3.05, 3.63) is 0 Å². The van der Waals surface area contributed by atoms with E-state index in [-0.39, 0.29) is 30.5 Å². The smallest absolute Gasteiger partial charge is 0.252 e. The molecule has 0 aliphatic carbocycles. The Balaban J connectivity index is 0.00000128. The molecule has 5 heteroatoms. The van der Waals surface area contributed by atoms with Crippen LogP contribution >= 0.6 is 12.4 Å². The van der Waals surface area contributed by atoms with Crippen molar-refractivity contribution < 1.29 is 9.53 Å². The lowest BCUT2D eigenvalue weighted by Crippen LogP contribution is -2.59. The summed E-state index contributed by atoms with van der Waals surface area (Å²) >= 11 is 0. The third-order valence-electron chi connectivity index (χ3n) is 3.52. The van der Waals surface area contributed by atoms with Crippen LogP contribution in [0.2, 0.25) is 0 Å². The van der Waals surface area contributed by atoms with Gasteiger partial charge >= 0.3 is 0 Å². The Kier molecular flexibility index (Phi) is 5.02. The van der Waals surface area contributed by atoms with Gasteiger partial charge in [-0.05, 0) is 26.7 Å². The molecule has 0 bridgehead atoms. The molecular formula is C11H21ClN2O2. The molecule has 4 nitrogen and oxygen atoms in total. The number of carbonyl (C=O) groups is 1. The van der Waals surface area contributed by atoms with Crippen LogP contribution in [-0.2, 0) is 9.53 Å². The van der Waals surface area contributed by atoms with Gasteiger partial charge in [0, 0.05) is 31.8 Å². The Morgan fingerprint density at radius 3 is 2.81 bits per heavy atom. The Hall–Kier alpha value is -0.320. The summed E-state index contributed by atoms with van der Waals surface area (Å²) in [5, 5.41) is 3.37. The molecule has 2 aliphatic heterocycles. The minimum atomic E-state index is -0.169. The normalized spacial score (nSPS) is 34.6. The van der Waals surface area contributed by atoms with E-state index in [0.717, 1.165) is 32.5 Å². The van der Waals surface area contributed by atoms with Crippen LogP contribution in [0.25, 0.3) is 0 Å². The molecule has 94 valence electrons. The molecule has 0 spiro atoms. The first-order valence-electron chi connectivity index (χ1n) is 5.85. The van der Waals surface area contributed by atoms with Gasteiger partial charge in [0.15, 0.2) is 0 Å². The van der Waals surface area contributed by atoms with E-state index in [1.54, 1.807) is 0 Å². The summed E-state index contributed by atoms with van der Waals surface area (Å²) < 4.78 is 5.44. The maximum absolute atomic E-state index is 12.1. The number of halogens is 1. The fourth-order valence-corrected chi connectivity index (χ4v) is 2.33. The van der Waals surface area contributed by atoms with E-state index in [0.29, 0.717) is 6.04 Å². The third-order valence-corrected chi connectivity index (χ3v) is 3.52. The summed E-state index contributed by atoms with van der Waals surface area (Å²) in [5.74, 6) is 0.188. The van der Waals surface area contributed by atoms with Crippen molar-refractivity contribution in [3.63, 3.8) is 0 Å². The van der Waals surface area contributed by atoms with Gasteiger partial charge in [0.05, 0.1) is 0 Å². The SMILES string of the molecule is CC1NCCN(C(=O)C2CCCO2)C1C.Cl. The lowest BCUT2D eigenvalue weighted by atomic mass is 10.1. The molecule has 3 atom stereocenters. The van der Waals surface area contributed by atoms with E-state index in [1.165, 1.54) is 0 Å². The fraction of sp³-hybridized carbons (Fsp3) is 0.909. The van der Waals surface area contributed by atoms with E-state index in [4.69, 9.17) is 4.74 Å². The topological polar surface area (TPSA) is 41.6 Å². The monoisotopic (exact) mass is 248 g/mol. The minimum absolute atomic E-state index is 0. The lowest BCUT2D eigenvalue weighted by molar-refractivity contribution is -0.144. The zero-order valence-electron chi connectivity index (χ0n) is 9.94. The molecular weight excluding hydrogens is 228 g/mol. The Labute approximate surface area is 103 Å². The van der Waals surface area contributed by atoms with Crippen molar-refractivity contribution in [2.45, 2.75) is 44.9 Å². The lowest BCUT2D eigenvalue weighted by Gasteiger charge is -2.39. The second-order valence-electron chi connectivity index (χ2n) is 4.52. The van der Waals surface area contributed by atoms with Crippen molar-refractivity contribution in [1.29, 1.82) is 0 Å². The van der Waals surface area contributed by atoms with Crippen molar-refractivity contribution in [3.8, 4) is 0 Å². The predicted octanol–water partition coefficient (Wildman–Crippen LogP) is 0.796. The Morgan fingerprint density at radius 1 is 1.44 bits per heavy atom. The molecule has 2 saturated heterocycles. The molecule has 3 unspecified atom stereocenters. The summed E-state index contributed by atoms with van der Waals surface area (Å²) in [5.41, 5.74) is 0. The largest absolute Gasteiger partial charge is 0.368 e. The van der Waals surface area contributed by atoms with E-state index in [2.05, 4.69) is 19.2 Å². The highest BCUT2D eigenvalue weighted by molar-refractivity contribution is 5.85. The summed E-state index contributed by atoms with van der Waals surface area (Å²) in [7, 11) is 0. The van der Waals surface area contributed by atoms with Crippen molar-refractivity contribution in [1.82, 2.24) is 10.2 Å². The number of piperazine rings is 1. The number of amides is 1. The van der Waals surface area contributed by atoms with E-state index >= 15 is 0 Å². The van der Waals surface area contributed by atoms with Crippen LogP contribution in [0.15, 0.2) is 0 Å². The predicted molar refractivity (Wildman–Crippen MR) is 64.9 cm³/mol. The van der Waals surface area contributed by atoms with Crippen LogP contribution < -0.4 is 5.32 Å². The molecule has 2 aliphatic rings. The molecule has 0 aromatic heterocycles. The molecule has 1 N–H and O–H groups in total. The minimum Gasteiger partial charge on any atom is -0.368 e. The van der Waals surface area contributed by atoms with Crippen LogP contribution in [0, 0.1) is 0 Å².